The molecule has 3 aromatic carbocycles. The minimum atomic E-state index is 0.919. The molecule has 0 N–H and O–H groups in total. The SMILES string of the molecule is Cc1cc(-c2ncnc3cc(-c4ccccn4)ccc23)ccc1-c1ccccc1. The van der Waals surface area contributed by atoms with Crippen LogP contribution in [0.15, 0.2) is 97.5 Å². The Bertz CT molecular complexity index is 1300. The van der Waals surface area contributed by atoms with Crippen molar-refractivity contribution in [2.45, 2.75) is 6.92 Å². The van der Waals surface area contributed by atoms with Gasteiger partial charge in [-0.3, -0.25) is 4.98 Å². The van der Waals surface area contributed by atoms with E-state index in [-0.39, 0.29) is 0 Å². The Labute approximate surface area is 169 Å². The number of nitrogens with zero attached hydrogens (tertiary/aromatic N) is 3. The smallest absolute Gasteiger partial charge is 0.116 e. The second-order valence-electron chi connectivity index (χ2n) is 7.06. The Hall–Kier alpha value is -3.85. The number of rotatable bonds is 3. The van der Waals surface area contributed by atoms with Gasteiger partial charge in [-0.15, -0.1) is 0 Å². The molecule has 0 fully saturated rings. The number of aryl methyl sites for hydroxylation is 1. The summed E-state index contributed by atoms with van der Waals surface area (Å²) < 4.78 is 0. The predicted octanol–water partition coefficient (Wildman–Crippen LogP) is 6.33. The van der Waals surface area contributed by atoms with E-state index >= 15 is 0 Å². The summed E-state index contributed by atoms with van der Waals surface area (Å²) in [4.78, 5) is 13.5. The number of benzene rings is 3. The second-order valence-corrected chi connectivity index (χ2v) is 7.06. The van der Waals surface area contributed by atoms with Crippen molar-refractivity contribution in [2.75, 3.05) is 0 Å². The highest BCUT2D eigenvalue weighted by Crippen LogP contribution is 2.32. The van der Waals surface area contributed by atoms with E-state index in [1.807, 2.05) is 30.5 Å². The minimum Gasteiger partial charge on any atom is -0.256 e. The Morgan fingerprint density at radius 3 is 2.24 bits per heavy atom. The van der Waals surface area contributed by atoms with Crippen LogP contribution in [0.4, 0.5) is 0 Å². The van der Waals surface area contributed by atoms with Crippen molar-refractivity contribution in [3.05, 3.63) is 103 Å². The van der Waals surface area contributed by atoms with E-state index in [0.29, 0.717) is 0 Å². The molecule has 5 rings (SSSR count). The molecule has 0 saturated carbocycles. The van der Waals surface area contributed by atoms with Crippen LogP contribution in [0.5, 0.6) is 0 Å². The van der Waals surface area contributed by atoms with E-state index in [0.717, 1.165) is 33.4 Å². The van der Waals surface area contributed by atoms with Gasteiger partial charge >= 0.3 is 0 Å². The summed E-state index contributed by atoms with van der Waals surface area (Å²) in [5, 5.41) is 1.04. The van der Waals surface area contributed by atoms with Crippen molar-refractivity contribution in [2.24, 2.45) is 0 Å². The van der Waals surface area contributed by atoms with Gasteiger partial charge in [-0.1, -0.05) is 54.6 Å². The summed E-state index contributed by atoms with van der Waals surface area (Å²) in [5.41, 5.74) is 8.66. The monoisotopic (exact) mass is 373 g/mol. The molecular weight excluding hydrogens is 354 g/mol. The fourth-order valence-corrected chi connectivity index (χ4v) is 3.73. The van der Waals surface area contributed by atoms with Crippen LogP contribution in [0.25, 0.3) is 44.5 Å². The Balaban J connectivity index is 1.59. The lowest BCUT2D eigenvalue weighted by Gasteiger charge is -2.11. The maximum absolute atomic E-state index is 4.60. The molecule has 3 nitrogen and oxygen atoms in total. The third-order valence-corrected chi connectivity index (χ3v) is 5.18. The lowest BCUT2D eigenvalue weighted by molar-refractivity contribution is 1.22. The van der Waals surface area contributed by atoms with Gasteiger partial charge in [0.05, 0.1) is 16.9 Å². The van der Waals surface area contributed by atoms with Crippen LogP contribution >= 0.6 is 0 Å². The van der Waals surface area contributed by atoms with Crippen molar-refractivity contribution in [1.29, 1.82) is 0 Å². The number of fused-ring (bicyclic) bond motifs is 1. The fraction of sp³-hybridized carbons (Fsp3) is 0.0385. The van der Waals surface area contributed by atoms with Crippen LogP contribution in [0, 0.1) is 6.92 Å². The molecule has 2 heterocycles. The maximum atomic E-state index is 4.60. The second kappa shape index (κ2) is 7.28. The molecule has 0 atom stereocenters. The lowest BCUT2D eigenvalue weighted by Crippen LogP contribution is -1.92. The molecule has 0 saturated heterocycles. The molecule has 0 aliphatic rings. The van der Waals surface area contributed by atoms with E-state index < -0.39 is 0 Å². The normalized spacial score (nSPS) is 10.9. The molecular formula is C26H19N3. The minimum absolute atomic E-state index is 0.919. The fourth-order valence-electron chi connectivity index (χ4n) is 3.73. The Morgan fingerprint density at radius 2 is 1.45 bits per heavy atom. The molecule has 3 heteroatoms. The Morgan fingerprint density at radius 1 is 0.621 bits per heavy atom. The van der Waals surface area contributed by atoms with Crippen LogP contribution in [0.2, 0.25) is 0 Å². The highest BCUT2D eigenvalue weighted by atomic mass is 14.8. The zero-order valence-electron chi connectivity index (χ0n) is 16.1. The zero-order chi connectivity index (χ0) is 19.6. The molecule has 0 spiro atoms. The summed E-state index contributed by atoms with van der Waals surface area (Å²) in [7, 11) is 0. The standard InChI is InChI=1S/C26H19N3/c1-18-15-21(11-12-22(18)19-7-3-2-4-8-19)26-23-13-10-20(16-25(23)28-17-29-26)24-9-5-6-14-27-24/h2-17H,1H3. The highest BCUT2D eigenvalue weighted by molar-refractivity contribution is 5.94. The molecule has 0 aliphatic heterocycles. The van der Waals surface area contributed by atoms with Gasteiger partial charge in [-0.2, -0.15) is 0 Å². The zero-order valence-corrected chi connectivity index (χ0v) is 16.1. The van der Waals surface area contributed by atoms with Crippen molar-refractivity contribution in [1.82, 2.24) is 15.0 Å². The van der Waals surface area contributed by atoms with Crippen LogP contribution in [0.1, 0.15) is 5.56 Å². The van der Waals surface area contributed by atoms with Crippen LogP contribution in [0.3, 0.4) is 0 Å². The lowest BCUT2D eigenvalue weighted by atomic mass is 9.96. The quantitative estimate of drug-likeness (QED) is 0.371. The van der Waals surface area contributed by atoms with Gasteiger partial charge in [0.25, 0.3) is 0 Å². The predicted molar refractivity (Wildman–Crippen MR) is 118 cm³/mol. The van der Waals surface area contributed by atoms with Gasteiger partial charge < -0.3 is 0 Å². The molecule has 0 aliphatic carbocycles. The van der Waals surface area contributed by atoms with Crippen LogP contribution in [-0.4, -0.2) is 15.0 Å². The average molecular weight is 373 g/mol. The van der Waals surface area contributed by atoms with Gasteiger partial charge in [-0.05, 0) is 53.9 Å². The van der Waals surface area contributed by atoms with Gasteiger partial charge in [-0.25, -0.2) is 9.97 Å². The summed E-state index contributed by atoms with van der Waals surface area (Å²) in [5.74, 6) is 0. The number of hydrogen-bond donors (Lipinski definition) is 0. The molecule has 29 heavy (non-hydrogen) atoms. The van der Waals surface area contributed by atoms with Gasteiger partial charge in [0.2, 0.25) is 0 Å². The molecule has 2 aromatic heterocycles. The third-order valence-electron chi connectivity index (χ3n) is 5.18. The molecule has 0 unspecified atom stereocenters. The van der Waals surface area contributed by atoms with E-state index in [1.54, 1.807) is 6.33 Å². The average Bonchev–Trinajstić information content (AvgIpc) is 2.79. The van der Waals surface area contributed by atoms with Crippen molar-refractivity contribution in [3.8, 4) is 33.6 Å². The largest absolute Gasteiger partial charge is 0.256 e. The summed E-state index contributed by atoms with van der Waals surface area (Å²) in [6.07, 6.45) is 3.45. The number of pyridine rings is 1. The molecule has 0 amide bonds. The molecule has 0 radical (unpaired) electrons. The first-order valence-electron chi connectivity index (χ1n) is 9.62. The van der Waals surface area contributed by atoms with Gasteiger partial charge in [0, 0.05) is 22.7 Å². The summed E-state index contributed by atoms with van der Waals surface area (Å²) >= 11 is 0. The molecule has 138 valence electrons. The number of aromatic nitrogens is 3. The first-order chi connectivity index (χ1) is 14.3. The first-order valence-corrected chi connectivity index (χ1v) is 9.62. The topological polar surface area (TPSA) is 38.7 Å². The Kier molecular flexibility index (Phi) is 4.34. The van der Waals surface area contributed by atoms with Gasteiger partial charge in [0.15, 0.2) is 0 Å². The van der Waals surface area contributed by atoms with E-state index in [2.05, 4.69) is 82.5 Å². The number of hydrogen-bond acceptors (Lipinski definition) is 3. The summed E-state index contributed by atoms with van der Waals surface area (Å²) in [6, 6.07) is 29.2. The third kappa shape index (κ3) is 3.27. The van der Waals surface area contributed by atoms with Crippen molar-refractivity contribution in [3.63, 3.8) is 0 Å². The van der Waals surface area contributed by atoms with E-state index in [9.17, 15) is 0 Å². The van der Waals surface area contributed by atoms with E-state index in [4.69, 9.17) is 0 Å². The van der Waals surface area contributed by atoms with Gasteiger partial charge in [0.1, 0.15) is 6.33 Å². The first kappa shape index (κ1) is 17.3. The van der Waals surface area contributed by atoms with Crippen molar-refractivity contribution >= 4 is 10.9 Å². The molecule has 0 bridgehead atoms. The highest BCUT2D eigenvalue weighted by Gasteiger charge is 2.10. The molecule has 5 aromatic rings. The van der Waals surface area contributed by atoms with Crippen LogP contribution in [-0.2, 0) is 0 Å². The van der Waals surface area contributed by atoms with Crippen LogP contribution < -0.4 is 0 Å². The van der Waals surface area contributed by atoms with Crippen molar-refractivity contribution < 1.29 is 0 Å². The maximum Gasteiger partial charge on any atom is 0.116 e. The van der Waals surface area contributed by atoms with E-state index in [1.165, 1.54) is 16.7 Å². The summed E-state index contributed by atoms with van der Waals surface area (Å²) in [6.45, 7) is 2.15.